The molecule has 0 fully saturated rings. The van der Waals surface area contributed by atoms with Crippen LogP contribution >= 0.6 is 0 Å². The van der Waals surface area contributed by atoms with E-state index in [1.54, 1.807) is 0 Å². The number of carboxylic acid groups (broad SMARTS) is 2. The third kappa shape index (κ3) is 3.40. The molecule has 0 radical (unpaired) electrons. The zero-order valence-corrected chi connectivity index (χ0v) is 6.37. The average molecular weight is 158 g/mol. The van der Waals surface area contributed by atoms with Gasteiger partial charge in [-0.3, -0.25) is 4.79 Å². The van der Waals surface area contributed by atoms with Crippen LogP contribution in [0.1, 0.15) is 13.8 Å². The molecule has 4 nitrogen and oxygen atoms in total. The Hall–Kier alpha value is -1.32. The van der Waals surface area contributed by atoms with Gasteiger partial charge in [0.15, 0.2) is 0 Å². The van der Waals surface area contributed by atoms with E-state index >= 15 is 0 Å². The van der Waals surface area contributed by atoms with Crippen molar-refractivity contribution in [3.63, 3.8) is 0 Å². The van der Waals surface area contributed by atoms with E-state index < -0.39 is 17.9 Å². The van der Waals surface area contributed by atoms with Gasteiger partial charge in [0.1, 0.15) is 0 Å². The van der Waals surface area contributed by atoms with Gasteiger partial charge < -0.3 is 10.2 Å². The summed E-state index contributed by atoms with van der Waals surface area (Å²) < 4.78 is 0. The lowest BCUT2D eigenvalue weighted by molar-refractivity contribution is -0.139. The molecule has 0 bridgehead atoms. The Morgan fingerprint density at radius 3 is 2.09 bits per heavy atom. The molecule has 1 unspecified atom stereocenters. The van der Waals surface area contributed by atoms with Crippen LogP contribution in [0.2, 0.25) is 0 Å². The Morgan fingerprint density at radius 2 is 1.82 bits per heavy atom. The number of hydrogen-bond acceptors (Lipinski definition) is 2. The van der Waals surface area contributed by atoms with E-state index in [0.29, 0.717) is 0 Å². The zero-order chi connectivity index (χ0) is 9.02. The molecule has 0 aliphatic rings. The van der Waals surface area contributed by atoms with Crippen molar-refractivity contribution in [2.24, 2.45) is 5.92 Å². The molecule has 0 rings (SSSR count). The highest BCUT2D eigenvalue weighted by molar-refractivity contribution is 5.87. The fourth-order valence-electron chi connectivity index (χ4n) is 0.518. The van der Waals surface area contributed by atoms with E-state index in [-0.39, 0.29) is 5.57 Å². The zero-order valence-electron chi connectivity index (χ0n) is 6.37. The average Bonchev–Trinajstić information content (AvgIpc) is 1.87. The predicted molar refractivity (Wildman–Crippen MR) is 38.2 cm³/mol. The van der Waals surface area contributed by atoms with E-state index in [4.69, 9.17) is 10.2 Å². The molecule has 2 N–H and O–H groups in total. The summed E-state index contributed by atoms with van der Waals surface area (Å²) in [6, 6.07) is 0. The number of carboxylic acids is 2. The van der Waals surface area contributed by atoms with Gasteiger partial charge in [-0.15, -0.1) is 0 Å². The van der Waals surface area contributed by atoms with Gasteiger partial charge in [0.25, 0.3) is 0 Å². The summed E-state index contributed by atoms with van der Waals surface area (Å²) in [5.41, 5.74) is 0.0555. The minimum absolute atomic E-state index is 0.0555. The molecule has 0 aromatic rings. The van der Waals surface area contributed by atoms with Gasteiger partial charge in [-0.05, 0) is 13.8 Å². The normalized spacial score (nSPS) is 14.2. The fraction of sp³-hybridized carbons (Fsp3) is 0.429. The second-order valence-corrected chi connectivity index (χ2v) is 2.28. The minimum Gasteiger partial charge on any atom is -0.481 e. The Morgan fingerprint density at radius 1 is 1.36 bits per heavy atom. The first-order valence-corrected chi connectivity index (χ1v) is 3.09. The molecule has 1 atom stereocenters. The smallest absolute Gasteiger partial charge is 0.330 e. The molecule has 62 valence electrons. The van der Waals surface area contributed by atoms with E-state index in [1.807, 2.05) is 0 Å². The van der Waals surface area contributed by atoms with Gasteiger partial charge in [0, 0.05) is 5.57 Å². The largest absolute Gasteiger partial charge is 0.481 e. The van der Waals surface area contributed by atoms with Crippen LogP contribution in [-0.4, -0.2) is 22.2 Å². The first kappa shape index (κ1) is 9.68. The second-order valence-electron chi connectivity index (χ2n) is 2.28. The van der Waals surface area contributed by atoms with Gasteiger partial charge in [-0.1, -0.05) is 6.08 Å². The summed E-state index contributed by atoms with van der Waals surface area (Å²) in [4.78, 5) is 20.4. The predicted octanol–water partition coefficient (Wildman–Crippen LogP) is 0.738. The summed E-state index contributed by atoms with van der Waals surface area (Å²) in [6.45, 7) is 2.79. The number of hydrogen-bond donors (Lipinski definition) is 2. The fourth-order valence-corrected chi connectivity index (χ4v) is 0.518. The van der Waals surface area contributed by atoms with Crippen molar-refractivity contribution < 1.29 is 19.8 Å². The molecule has 0 aliphatic carbocycles. The van der Waals surface area contributed by atoms with Crippen molar-refractivity contribution in [3.8, 4) is 0 Å². The molecule has 0 aliphatic heterocycles. The van der Waals surface area contributed by atoms with Crippen LogP contribution in [0.4, 0.5) is 0 Å². The van der Waals surface area contributed by atoms with Crippen LogP contribution in [0.3, 0.4) is 0 Å². The maximum Gasteiger partial charge on any atom is 0.330 e. The van der Waals surface area contributed by atoms with Gasteiger partial charge in [-0.25, -0.2) is 4.79 Å². The van der Waals surface area contributed by atoms with Crippen molar-refractivity contribution in [3.05, 3.63) is 11.6 Å². The van der Waals surface area contributed by atoms with Crippen molar-refractivity contribution in [2.75, 3.05) is 0 Å². The molecule has 0 saturated heterocycles. The van der Waals surface area contributed by atoms with Crippen molar-refractivity contribution >= 4 is 11.9 Å². The monoisotopic (exact) mass is 158 g/mol. The van der Waals surface area contributed by atoms with Crippen LogP contribution in [-0.2, 0) is 9.59 Å². The Balaban J connectivity index is 4.31. The Bertz CT molecular complexity index is 204. The van der Waals surface area contributed by atoms with Gasteiger partial charge in [0.05, 0.1) is 5.92 Å². The highest BCUT2D eigenvalue weighted by Crippen LogP contribution is 2.02. The molecule has 0 aromatic heterocycles. The van der Waals surface area contributed by atoms with E-state index in [9.17, 15) is 9.59 Å². The minimum atomic E-state index is -1.09. The number of rotatable bonds is 3. The van der Waals surface area contributed by atoms with Crippen LogP contribution in [0.5, 0.6) is 0 Å². The molecule has 0 heterocycles. The summed E-state index contributed by atoms with van der Waals surface area (Å²) >= 11 is 0. The van der Waals surface area contributed by atoms with Crippen molar-refractivity contribution in [1.82, 2.24) is 0 Å². The van der Waals surface area contributed by atoms with Crippen LogP contribution < -0.4 is 0 Å². The lowest BCUT2D eigenvalue weighted by atomic mass is 10.1. The van der Waals surface area contributed by atoms with Crippen LogP contribution in [0.15, 0.2) is 11.6 Å². The van der Waals surface area contributed by atoms with Crippen LogP contribution in [0, 0.1) is 5.92 Å². The summed E-state index contributed by atoms with van der Waals surface area (Å²) in [5.74, 6) is -2.85. The van der Waals surface area contributed by atoms with E-state index in [2.05, 4.69) is 0 Å². The highest BCUT2D eigenvalue weighted by atomic mass is 16.4. The number of carbonyl (C=O) groups is 2. The first-order chi connectivity index (χ1) is 4.95. The molecule has 11 heavy (non-hydrogen) atoms. The number of aliphatic carboxylic acids is 2. The second kappa shape index (κ2) is 3.75. The molecule has 0 amide bonds. The maximum atomic E-state index is 10.2. The SMILES string of the molecule is C/C(=C\C(C)C(=O)O)C(=O)O. The Kier molecular flexibility index (Phi) is 3.30. The molecule has 4 heteroatoms. The molecule has 0 aromatic carbocycles. The summed E-state index contributed by atoms with van der Waals surface area (Å²) in [7, 11) is 0. The van der Waals surface area contributed by atoms with E-state index in [1.165, 1.54) is 19.9 Å². The Labute approximate surface area is 64.2 Å². The van der Waals surface area contributed by atoms with E-state index in [0.717, 1.165) is 0 Å². The van der Waals surface area contributed by atoms with Gasteiger partial charge >= 0.3 is 11.9 Å². The molecular formula is C7H10O4. The third-order valence-electron chi connectivity index (χ3n) is 1.23. The standard InChI is InChI=1S/C7H10O4/c1-4(6(8)9)3-5(2)7(10)11/h3-4H,1-2H3,(H,8,9)(H,10,11)/b5-3+. The topological polar surface area (TPSA) is 74.6 Å². The molecular weight excluding hydrogens is 148 g/mol. The lowest BCUT2D eigenvalue weighted by Gasteiger charge is -1.98. The first-order valence-electron chi connectivity index (χ1n) is 3.09. The molecule has 0 saturated carbocycles. The van der Waals surface area contributed by atoms with Crippen molar-refractivity contribution in [2.45, 2.75) is 13.8 Å². The van der Waals surface area contributed by atoms with Crippen molar-refractivity contribution in [1.29, 1.82) is 0 Å². The van der Waals surface area contributed by atoms with Gasteiger partial charge in [0.2, 0.25) is 0 Å². The molecule has 0 spiro atoms. The summed E-state index contributed by atoms with van der Waals surface area (Å²) in [6.07, 6.45) is 1.20. The van der Waals surface area contributed by atoms with Crippen LogP contribution in [0.25, 0.3) is 0 Å². The lowest BCUT2D eigenvalue weighted by Crippen LogP contribution is -2.08. The third-order valence-corrected chi connectivity index (χ3v) is 1.23. The highest BCUT2D eigenvalue weighted by Gasteiger charge is 2.09. The summed E-state index contributed by atoms with van der Waals surface area (Å²) in [5, 5.41) is 16.7. The van der Waals surface area contributed by atoms with Gasteiger partial charge in [-0.2, -0.15) is 0 Å². The quantitative estimate of drug-likeness (QED) is 0.594. The maximum absolute atomic E-state index is 10.2.